The van der Waals surface area contributed by atoms with Crippen molar-refractivity contribution in [1.29, 1.82) is 0 Å². The molecule has 0 saturated carbocycles. The molecular weight excluding hydrogens is 722 g/mol. The Hall–Kier alpha value is -3.74. The van der Waals surface area contributed by atoms with Crippen molar-refractivity contribution in [2.45, 2.75) is 95.9 Å². The van der Waals surface area contributed by atoms with Crippen molar-refractivity contribution in [3.8, 4) is 0 Å². The molecule has 0 aliphatic heterocycles. The summed E-state index contributed by atoms with van der Waals surface area (Å²) in [7, 11) is 0. The zero-order valence-corrected chi connectivity index (χ0v) is 32.5. The van der Waals surface area contributed by atoms with Gasteiger partial charge in [-0.2, -0.15) is 0 Å². The first-order chi connectivity index (χ1) is 26.9. The molecule has 0 spiro atoms. The molecule has 0 saturated heterocycles. The largest absolute Gasteiger partial charge is 0.481 e. The Kier molecular flexibility index (Phi) is 38.6. The lowest BCUT2D eigenvalue weighted by Gasteiger charge is -2.19. The van der Waals surface area contributed by atoms with Crippen molar-refractivity contribution in [2.24, 2.45) is 10.2 Å². The van der Waals surface area contributed by atoms with E-state index in [1.807, 2.05) is 0 Å². The maximum Gasteiger partial charge on any atom is 0.303 e. The quantitative estimate of drug-likeness (QED) is 0.0297. The van der Waals surface area contributed by atoms with Crippen LogP contribution in [0.1, 0.15) is 89.9 Å². The van der Waals surface area contributed by atoms with E-state index < -0.39 is 5.97 Å². The van der Waals surface area contributed by atoms with E-state index in [9.17, 15) is 19.2 Å². The van der Waals surface area contributed by atoms with Crippen molar-refractivity contribution < 1.29 is 52.7 Å². The summed E-state index contributed by atoms with van der Waals surface area (Å²) in [4.78, 5) is 53.7. The van der Waals surface area contributed by atoms with Gasteiger partial charge in [-0.1, -0.05) is 48.8 Å². The molecule has 0 aliphatic rings. The maximum atomic E-state index is 12.8. The number of carboxylic acids is 1. The van der Waals surface area contributed by atoms with Gasteiger partial charge in [0.15, 0.2) is 0 Å². The van der Waals surface area contributed by atoms with Crippen molar-refractivity contribution in [3.05, 3.63) is 20.9 Å². The molecule has 0 aromatic rings. The van der Waals surface area contributed by atoms with Crippen molar-refractivity contribution in [1.82, 2.24) is 16.0 Å². The summed E-state index contributed by atoms with van der Waals surface area (Å²) < 4.78 is 32.2. The zero-order chi connectivity index (χ0) is 40.3. The van der Waals surface area contributed by atoms with Gasteiger partial charge in [-0.3, -0.25) is 19.2 Å². The molecule has 0 aromatic heterocycles. The van der Waals surface area contributed by atoms with Crippen LogP contribution in [-0.2, 0) is 47.6 Å². The minimum absolute atomic E-state index is 0.106. The van der Waals surface area contributed by atoms with Crippen LogP contribution in [0.2, 0.25) is 0 Å². The van der Waals surface area contributed by atoms with Gasteiger partial charge < -0.3 is 49.5 Å². The predicted molar refractivity (Wildman–Crippen MR) is 203 cm³/mol. The number of ether oxygens (including phenoxy) is 6. The van der Waals surface area contributed by atoms with E-state index in [-0.39, 0.29) is 56.1 Å². The van der Waals surface area contributed by atoms with E-state index in [4.69, 9.17) is 44.6 Å². The molecule has 4 N–H and O–H groups in total. The number of azide groups is 2. The lowest BCUT2D eigenvalue weighted by molar-refractivity contribution is -0.137. The van der Waals surface area contributed by atoms with E-state index >= 15 is 0 Å². The lowest BCUT2D eigenvalue weighted by Crippen LogP contribution is -2.38. The molecule has 0 radical (unpaired) electrons. The normalized spacial score (nSPS) is 11.3. The Balaban J connectivity index is 4.34. The van der Waals surface area contributed by atoms with Crippen LogP contribution in [0.3, 0.4) is 0 Å². The molecule has 55 heavy (non-hydrogen) atoms. The second kappa shape index (κ2) is 41.4. The van der Waals surface area contributed by atoms with Gasteiger partial charge in [0.25, 0.3) is 0 Å². The van der Waals surface area contributed by atoms with Crippen LogP contribution < -0.4 is 16.0 Å². The molecule has 0 heterocycles. The van der Waals surface area contributed by atoms with E-state index in [0.717, 1.165) is 44.9 Å². The van der Waals surface area contributed by atoms with Crippen LogP contribution in [0.5, 0.6) is 0 Å². The fourth-order valence-electron chi connectivity index (χ4n) is 4.91. The topological polar surface area (TPSA) is 278 Å². The second-order valence-corrected chi connectivity index (χ2v) is 12.3. The first kappa shape index (κ1) is 51.3. The van der Waals surface area contributed by atoms with Crippen molar-refractivity contribution in [3.63, 3.8) is 0 Å². The standard InChI is InChI=1S/C35H65N9O11/c36-43-40-17-21-52-25-29-54-27-23-50-19-15-38-32(45)13-11-31(42-34(47)9-7-5-3-1-2-4-6-8-10-35(48)49)12-14-33(46)39-16-20-51-24-28-55-30-26-53-22-18-41-44-37/h31H,1-30H2,(H,38,45)(H,39,46)(H,42,47)(H,48,49). The van der Waals surface area contributed by atoms with Crippen LogP contribution in [0, 0.1) is 0 Å². The number of hydrogen-bond acceptors (Lipinski definition) is 12. The Morgan fingerprint density at radius 2 is 0.855 bits per heavy atom. The number of carboxylic acid groups (broad SMARTS) is 1. The number of nitrogens with one attached hydrogen (secondary N) is 3. The molecule has 0 rings (SSSR count). The first-order valence-electron chi connectivity index (χ1n) is 19.4. The van der Waals surface area contributed by atoms with Gasteiger partial charge in [-0.05, 0) is 36.7 Å². The predicted octanol–water partition coefficient (Wildman–Crippen LogP) is 3.97. The summed E-state index contributed by atoms with van der Waals surface area (Å²) in [6.07, 6.45) is 9.12. The molecule has 0 bridgehead atoms. The number of carbonyl (C=O) groups is 4. The average Bonchev–Trinajstić information content (AvgIpc) is 3.17. The second-order valence-electron chi connectivity index (χ2n) is 12.3. The van der Waals surface area contributed by atoms with Gasteiger partial charge >= 0.3 is 5.97 Å². The third-order valence-electron chi connectivity index (χ3n) is 7.77. The highest BCUT2D eigenvalue weighted by Gasteiger charge is 2.16. The highest BCUT2D eigenvalue weighted by molar-refractivity contribution is 5.78. The molecule has 0 unspecified atom stereocenters. The van der Waals surface area contributed by atoms with E-state index in [0.29, 0.717) is 118 Å². The summed E-state index contributed by atoms with van der Waals surface area (Å²) in [6.45, 7) is 5.53. The highest BCUT2D eigenvalue weighted by atomic mass is 16.5. The molecule has 0 aromatic carbocycles. The zero-order valence-electron chi connectivity index (χ0n) is 32.5. The first-order valence-corrected chi connectivity index (χ1v) is 19.4. The van der Waals surface area contributed by atoms with Crippen molar-refractivity contribution >= 4 is 23.7 Å². The maximum absolute atomic E-state index is 12.8. The lowest BCUT2D eigenvalue weighted by atomic mass is 10.0. The fraction of sp³-hybridized carbons (Fsp3) is 0.886. The molecule has 316 valence electrons. The monoisotopic (exact) mass is 787 g/mol. The molecule has 20 heteroatoms. The van der Waals surface area contributed by atoms with Crippen molar-refractivity contribution in [2.75, 3.05) is 105 Å². The minimum Gasteiger partial charge on any atom is -0.481 e. The summed E-state index contributed by atoms with van der Waals surface area (Å²) in [5.41, 5.74) is 16.4. The summed E-state index contributed by atoms with van der Waals surface area (Å²) in [5, 5.41) is 24.1. The van der Waals surface area contributed by atoms with Gasteiger partial charge in [-0.25, -0.2) is 0 Å². The van der Waals surface area contributed by atoms with E-state index in [1.165, 1.54) is 0 Å². The number of hydrogen-bond donors (Lipinski definition) is 4. The van der Waals surface area contributed by atoms with Crippen LogP contribution >= 0.6 is 0 Å². The minimum atomic E-state index is -0.756. The number of aliphatic carboxylic acids is 1. The Morgan fingerprint density at radius 3 is 1.25 bits per heavy atom. The van der Waals surface area contributed by atoms with Crippen LogP contribution in [-0.4, -0.2) is 140 Å². The number of unbranched alkanes of at least 4 members (excludes halogenated alkanes) is 7. The summed E-state index contributed by atoms with van der Waals surface area (Å²) in [5.74, 6) is -1.22. The highest BCUT2D eigenvalue weighted by Crippen LogP contribution is 2.12. The smallest absolute Gasteiger partial charge is 0.303 e. The number of rotatable bonds is 42. The summed E-state index contributed by atoms with van der Waals surface area (Å²) >= 11 is 0. The van der Waals surface area contributed by atoms with Gasteiger partial charge in [0, 0.05) is 67.7 Å². The molecule has 0 atom stereocenters. The molecule has 0 aliphatic carbocycles. The van der Waals surface area contributed by atoms with Gasteiger partial charge in [-0.15, -0.1) is 0 Å². The van der Waals surface area contributed by atoms with Crippen LogP contribution in [0.25, 0.3) is 20.9 Å². The molecular formula is C35H65N9O11. The Bertz CT molecular complexity index is 1020. The van der Waals surface area contributed by atoms with Gasteiger partial charge in [0.1, 0.15) is 0 Å². The van der Waals surface area contributed by atoms with E-state index in [2.05, 4.69) is 36.0 Å². The Labute approximate surface area is 324 Å². The Morgan fingerprint density at radius 1 is 0.491 bits per heavy atom. The number of nitrogens with zero attached hydrogens (tertiary/aromatic N) is 6. The third-order valence-corrected chi connectivity index (χ3v) is 7.77. The average molecular weight is 788 g/mol. The number of amides is 3. The number of carbonyl (C=O) groups excluding carboxylic acids is 3. The summed E-state index contributed by atoms with van der Waals surface area (Å²) in [6, 6.07) is -0.345. The third kappa shape index (κ3) is 41.3. The van der Waals surface area contributed by atoms with Gasteiger partial charge in [0.2, 0.25) is 17.7 Å². The van der Waals surface area contributed by atoms with E-state index in [1.54, 1.807) is 0 Å². The van der Waals surface area contributed by atoms with Crippen LogP contribution in [0.4, 0.5) is 0 Å². The van der Waals surface area contributed by atoms with Crippen LogP contribution in [0.15, 0.2) is 10.2 Å². The fourth-order valence-corrected chi connectivity index (χ4v) is 4.91. The molecule has 20 nitrogen and oxygen atoms in total. The molecule has 3 amide bonds. The SMILES string of the molecule is [N-]=[N+]=NCCOCCOCCOCCNC(=O)CCC(CCC(=O)NCCOCCOCCOCCN=[N+]=[N-])NC(=O)CCCCCCCCCCC(=O)O. The van der Waals surface area contributed by atoms with Gasteiger partial charge in [0.05, 0.1) is 79.3 Å². The molecule has 0 fully saturated rings.